The Bertz CT molecular complexity index is 562. The van der Waals surface area contributed by atoms with Crippen molar-refractivity contribution in [2.45, 2.75) is 50.6 Å². The maximum atomic E-state index is 12.7. The Hall–Kier alpha value is -1.06. The van der Waals surface area contributed by atoms with Crippen LogP contribution in [0.1, 0.15) is 37.7 Å². The summed E-state index contributed by atoms with van der Waals surface area (Å²) in [7, 11) is 0. The highest BCUT2D eigenvalue weighted by molar-refractivity contribution is 6.31. The number of amides is 1. The number of nitrogens with one attached hydrogen (secondary N) is 1. The van der Waals surface area contributed by atoms with Gasteiger partial charge in [-0.2, -0.15) is 0 Å². The Morgan fingerprint density at radius 1 is 1.29 bits per heavy atom. The van der Waals surface area contributed by atoms with Crippen LogP contribution >= 0.6 is 11.6 Å². The molecule has 3 aliphatic rings. The number of fused-ring (bicyclic) bond motifs is 3. The van der Waals surface area contributed by atoms with E-state index in [1.807, 2.05) is 17.0 Å². The first-order valence-electron chi connectivity index (χ1n) is 8.04. The van der Waals surface area contributed by atoms with Crippen molar-refractivity contribution in [1.82, 2.24) is 5.32 Å². The highest BCUT2D eigenvalue weighted by Crippen LogP contribution is 2.35. The van der Waals surface area contributed by atoms with Gasteiger partial charge in [0.2, 0.25) is 5.91 Å². The molecular formula is C17H21ClN2O. The van der Waals surface area contributed by atoms with E-state index in [0.29, 0.717) is 29.4 Å². The van der Waals surface area contributed by atoms with Crippen molar-refractivity contribution >= 4 is 23.2 Å². The third-order valence-electron chi connectivity index (χ3n) is 5.28. The average molecular weight is 305 g/mol. The lowest BCUT2D eigenvalue weighted by molar-refractivity contribution is -0.119. The van der Waals surface area contributed by atoms with Crippen LogP contribution in [0, 0.1) is 5.92 Å². The van der Waals surface area contributed by atoms with Gasteiger partial charge in [0, 0.05) is 35.8 Å². The fourth-order valence-electron chi connectivity index (χ4n) is 4.31. The lowest BCUT2D eigenvalue weighted by atomic mass is 9.89. The Labute approximate surface area is 130 Å². The van der Waals surface area contributed by atoms with Gasteiger partial charge in [0.05, 0.1) is 0 Å². The molecule has 3 heterocycles. The summed E-state index contributed by atoms with van der Waals surface area (Å²) in [5, 5.41) is 4.36. The van der Waals surface area contributed by atoms with Crippen LogP contribution in [0.5, 0.6) is 0 Å². The molecule has 2 bridgehead atoms. The number of rotatable bonds is 2. The molecule has 1 N–H and O–H groups in total. The van der Waals surface area contributed by atoms with Crippen LogP contribution in [-0.4, -0.2) is 24.5 Å². The minimum atomic E-state index is 0.280. The molecule has 1 amide bonds. The standard InChI is InChI=1S/C17H21ClN2O/c18-13-2-1-12-5-6-20(16(12)10-13)17(21)9-11-7-14-3-4-15(8-11)19-14/h1-2,10-11,14-15,19H,3-9H2. The van der Waals surface area contributed by atoms with Gasteiger partial charge < -0.3 is 10.2 Å². The Balaban J connectivity index is 1.46. The summed E-state index contributed by atoms with van der Waals surface area (Å²) in [6.07, 6.45) is 6.56. The van der Waals surface area contributed by atoms with Gasteiger partial charge in [0.25, 0.3) is 0 Å². The van der Waals surface area contributed by atoms with E-state index < -0.39 is 0 Å². The molecule has 2 fully saturated rings. The van der Waals surface area contributed by atoms with E-state index in [1.165, 1.54) is 31.2 Å². The Morgan fingerprint density at radius 3 is 2.81 bits per heavy atom. The highest BCUT2D eigenvalue weighted by atomic mass is 35.5. The molecule has 112 valence electrons. The van der Waals surface area contributed by atoms with E-state index in [9.17, 15) is 4.79 Å². The molecule has 0 spiro atoms. The molecule has 0 radical (unpaired) electrons. The summed E-state index contributed by atoms with van der Waals surface area (Å²) >= 11 is 6.09. The van der Waals surface area contributed by atoms with Gasteiger partial charge in [-0.1, -0.05) is 17.7 Å². The second-order valence-electron chi connectivity index (χ2n) is 6.75. The van der Waals surface area contributed by atoms with E-state index in [4.69, 9.17) is 11.6 Å². The van der Waals surface area contributed by atoms with E-state index in [2.05, 4.69) is 11.4 Å². The minimum Gasteiger partial charge on any atom is -0.312 e. The van der Waals surface area contributed by atoms with Crippen LogP contribution < -0.4 is 10.2 Å². The first-order chi connectivity index (χ1) is 10.2. The van der Waals surface area contributed by atoms with Crippen molar-refractivity contribution in [3.05, 3.63) is 28.8 Å². The third-order valence-corrected chi connectivity index (χ3v) is 5.51. The second kappa shape index (κ2) is 5.29. The quantitative estimate of drug-likeness (QED) is 0.910. The zero-order valence-electron chi connectivity index (χ0n) is 12.1. The van der Waals surface area contributed by atoms with Gasteiger partial charge in [0.15, 0.2) is 0 Å². The molecule has 4 rings (SSSR count). The summed E-state index contributed by atoms with van der Waals surface area (Å²) in [4.78, 5) is 14.6. The zero-order valence-corrected chi connectivity index (χ0v) is 12.9. The van der Waals surface area contributed by atoms with Crippen molar-refractivity contribution < 1.29 is 4.79 Å². The average Bonchev–Trinajstić information content (AvgIpc) is 3.02. The molecule has 2 atom stereocenters. The van der Waals surface area contributed by atoms with Crippen molar-refractivity contribution in [1.29, 1.82) is 0 Å². The molecule has 0 saturated carbocycles. The number of benzene rings is 1. The van der Waals surface area contributed by atoms with Crippen LogP contribution in [0.3, 0.4) is 0 Å². The van der Waals surface area contributed by atoms with Crippen LogP contribution in [0.2, 0.25) is 5.02 Å². The van der Waals surface area contributed by atoms with Crippen molar-refractivity contribution in [2.24, 2.45) is 5.92 Å². The lowest BCUT2D eigenvalue weighted by Crippen LogP contribution is -2.40. The number of carbonyl (C=O) groups is 1. The smallest absolute Gasteiger partial charge is 0.227 e. The number of nitrogens with zero attached hydrogens (tertiary/aromatic N) is 1. The summed E-state index contributed by atoms with van der Waals surface area (Å²) < 4.78 is 0. The monoisotopic (exact) mass is 304 g/mol. The number of hydrogen-bond acceptors (Lipinski definition) is 2. The summed E-state index contributed by atoms with van der Waals surface area (Å²) in [5.74, 6) is 0.835. The van der Waals surface area contributed by atoms with Gasteiger partial charge in [-0.25, -0.2) is 0 Å². The van der Waals surface area contributed by atoms with E-state index in [0.717, 1.165) is 18.7 Å². The van der Waals surface area contributed by atoms with E-state index in [1.54, 1.807) is 0 Å². The van der Waals surface area contributed by atoms with Gasteiger partial charge >= 0.3 is 0 Å². The maximum Gasteiger partial charge on any atom is 0.227 e. The van der Waals surface area contributed by atoms with Crippen molar-refractivity contribution in [2.75, 3.05) is 11.4 Å². The number of halogens is 1. The summed E-state index contributed by atoms with van der Waals surface area (Å²) in [6.45, 7) is 0.812. The van der Waals surface area contributed by atoms with Gasteiger partial charge in [0.1, 0.15) is 0 Å². The Kier molecular flexibility index (Phi) is 3.43. The lowest BCUT2D eigenvalue weighted by Gasteiger charge is -2.30. The fraction of sp³-hybridized carbons (Fsp3) is 0.588. The van der Waals surface area contributed by atoms with Crippen LogP contribution in [0.4, 0.5) is 5.69 Å². The predicted molar refractivity (Wildman–Crippen MR) is 84.8 cm³/mol. The van der Waals surface area contributed by atoms with Gasteiger partial charge in [-0.05, 0) is 55.7 Å². The molecule has 1 aromatic rings. The molecule has 3 nitrogen and oxygen atoms in total. The molecule has 4 heteroatoms. The Morgan fingerprint density at radius 2 is 2.05 bits per heavy atom. The zero-order chi connectivity index (χ0) is 14.4. The summed E-state index contributed by atoms with van der Waals surface area (Å²) in [5.41, 5.74) is 2.28. The van der Waals surface area contributed by atoms with Crippen molar-refractivity contribution in [3.8, 4) is 0 Å². The largest absolute Gasteiger partial charge is 0.312 e. The topological polar surface area (TPSA) is 32.3 Å². The van der Waals surface area contributed by atoms with Crippen LogP contribution in [0.15, 0.2) is 18.2 Å². The maximum absolute atomic E-state index is 12.7. The van der Waals surface area contributed by atoms with E-state index in [-0.39, 0.29) is 5.91 Å². The number of hydrogen-bond donors (Lipinski definition) is 1. The van der Waals surface area contributed by atoms with Gasteiger partial charge in [-0.3, -0.25) is 4.79 Å². The highest BCUT2D eigenvalue weighted by Gasteiger charge is 2.35. The molecule has 2 saturated heterocycles. The fourth-order valence-corrected chi connectivity index (χ4v) is 4.48. The molecule has 0 aromatic heterocycles. The molecule has 3 aliphatic heterocycles. The molecule has 21 heavy (non-hydrogen) atoms. The van der Waals surface area contributed by atoms with Crippen molar-refractivity contribution in [3.63, 3.8) is 0 Å². The normalized spacial score (nSPS) is 30.5. The molecule has 2 unspecified atom stereocenters. The first-order valence-corrected chi connectivity index (χ1v) is 8.41. The van der Waals surface area contributed by atoms with Gasteiger partial charge in [-0.15, -0.1) is 0 Å². The minimum absolute atomic E-state index is 0.280. The van der Waals surface area contributed by atoms with E-state index >= 15 is 0 Å². The van der Waals surface area contributed by atoms with Crippen LogP contribution in [-0.2, 0) is 11.2 Å². The number of carbonyl (C=O) groups excluding carboxylic acids is 1. The second-order valence-corrected chi connectivity index (χ2v) is 7.18. The molecule has 0 aliphatic carbocycles. The number of piperidine rings is 1. The number of anilines is 1. The third kappa shape index (κ3) is 2.58. The summed E-state index contributed by atoms with van der Waals surface area (Å²) in [6, 6.07) is 7.21. The molecule has 1 aromatic carbocycles. The SMILES string of the molecule is O=C(CC1CC2CCC(C1)N2)N1CCc2ccc(Cl)cc21. The molecular weight excluding hydrogens is 284 g/mol. The van der Waals surface area contributed by atoms with Crippen LogP contribution in [0.25, 0.3) is 0 Å². The predicted octanol–water partition coefficient (Wildman–Crippen LogP) is 3.15. The first kappa shape index (κ1) is 13.6.